The van der Waals surface area contributed by atoms with E-state index in [0.717, 1.165) is 18.4 Å². The quantitative estimate of drug-likeness (QED) is 0.907. The molecule has 2 N–H and O–H groups in total. The van der Waals surface area contributed by atoms with Crippen LogP contribution in [0.15, 0.2) is 30.3 Å². The molecule has 1 aromatic rings. The number of carbonyl (C=O) groups is 1. The molecule has 1 saturated carbocycles. The van der Waals surface area contributed by atoms with Crippen molar-refractivity contribution in [3.8, 4) is 0 Å². The monoisotopic (exact) mass is 324 g/mol. The summed E-state index contributed by atoms with van der Waals surface area (Å²) in [6.45, 7) is 0. The largest absolute Gasteiger partial charge is 0.343 e. The number of hydrogen-bond acceptors (Lipinski definition) is 2. The third-order valence-corrected chi connectivity index (χ3v) is 4.64. The zero-order valence-electron chi connectivity index (χ0n) is 13.5. The van der Waals surface area contributed by atoms with E-state index in [9.17, 15) is 4.79 Å². The van der Waals surface area contributed by atoms with E-state index in [1.54, 1.807) is 0 Å². The zero-order valence-corrected chi connectivity index (χ0v) is 14.4. The Kier molecular flexibility index (Phi) is 8.51. The molecule has 2 rings (SSSR count). The summed E-state index contributed by atoms with van der Waals surface area (Å²) in [7, 11) is 1.95. The molecule has 1 fully saturated rings. The summed E-state index contributed by atoms with van der Waals surface area (Å²) in [5.74, 6) is 0.178. The van der Waals surface area contributed by atoms with Crippen LogP contribution in [-0.2, 0) is 4.79 Å². The Bertz CT molecular complexity index is 430. The predicted octanol–water partition coefficient (Wildman–Crippen LogP) is 4.07. The fourth-order valence-electron chi connectivity index (χ4n) is 3.18. The second-order valence-electron chi connectivity index (χ2n) is 6.22. The van der Waals surface area contributed by atoms with Crippen molar-refractivity contribution < 1.29 is 4.79 Å². The van der Waals surface area contributed by atoms with Gasteiger partial charge in [0.2, 0.25) is 5.91 Å². The lowest BCUT2D eigenvalue weighted by Gasteiger charge is -2.30. The zero-order chi connectivity index (χ0) is 15.1. The van der Waals surface area contributed by atoms with Gasteiger partial charge in [0.05, 0.1) is 0 Å². The number of nitrogens with two attached hydrogens (primary N) is 1. The number of benzene rings is 1. The fourth-order valence-corrected chi connectivity index (χ4v) is 3.18. The summed E-state index contributed by atoms with van der Waals surface area (Å²) < 4.78 is 0. The van der Waals surface area contributed by atoms with E-state index in [-0.39, 0.29) is 24.4 Å². The van der Waals surface area contributed by atoms with Gasteiger partial charge >= 0.3 is 0 Å². The number of halogens is 1. The van der Waals surface area contributed by atoms with Gasteiger partial charge in [-0.2, -0.15) is 0 Å². The van der Waals surface area contributed by atoms with Gasteiger partial charge in [0.1, 0.15) is 0 Å². The van der Waals surface area contributed by atoms with Crippen molar-refractivity contribution in [3.63, 3.8) is 0 Å². The van der Waals surface area contributed by atoms with E-state index in [1.807, 2.05) is 42.3 Å². The molecule has 22 heavy (non-hydrogen) atoms. The first-order chi connectivity index (χ1) is 10.2. The third kappa shape index (κ3) is 5.62. The summed E-state index contributed by atoms with van der Waals surface area (Å²) in [6.07, 6.45) is 9.13. The van der Waals surface area contributed by atoms with Gasteiger partial charge in [-0.1, -0.05) is 62.4 Å². The summed E-state index contributed by atoms with van der Waals surface area (Å²) >= 11 is 0. The molecule has 1 aromatic carbocycles. The van der Waals surface area contributed by atoms with Crippen LogP contribution in [0.2, 0.25) is 0 Å². The number of hydrogen-bond donors (Lipinski definition) is 1. The van der Waals surface area contributed by atoms with Crippen molar-refractivity contribution in [1.82, 2.24) is 4.90 Å². The molecule has 0 saturated heterocycles. The Morgan fingerprint density at radius 3 is 2.27 bits per heavy atom. The highest BCUT2D eigenvalue weighted by Gasteiger charge is 2.22. The standard InChI is InChI=1S/C18H28N2O.ClH/c1-20(16-12-8-3-2-4-9-13-16)18(21)14-17(19)15-10-6-5-7-11-15;/h5-7,10-11,16-17H,2-4,8-9,12-14,19H2,1H3;1H. The minimum Gasteiger partial charge on any atom is -0.343 e. The average Bonchev–Trinajstić information content (AvgIpc) is 2.47. The number of carbonyl (C=O) groups excluding carboxylic acids is 1. The minimum absolute atomic E-state index is 0. The van der Waals surface area contributed by atoms with E-state index >= 15 is 0 Å². The molecule has 1 atom stereocenters. The molecular formula is C18H29ClN2O. The van der Waals surface area contributed by atoms with Crippen LogP contribution < -0.4 is 5.73 Å². The minimum atomic E-state index is -0.199. The highest BCUT2D eigenvalue weighted by molar-refractivity contribution is 5.85. The van der Waals surface area contributed by atoms with Crippen molar-refractivity contribution in [2.24, 2.45) is 5.73 Å². The molecule has 1 aliphatic rings. The maximum absolute atomic E-state index is 12.5. The van der Waals surface area contributed by atoms with Crippen LogP contribution in [0.3, 0.4) is 0 Å². The van der Waals surface area contributed by atoms with Gasteiger partial charge in [0.25, 0.3) is 0 Å². The topological polar surface area (TPSA) is 46.3 Å². The van der Waals surface area contributed by atoms with Crippen LogP contribution in [0.5, 0.6) is 0 Å². The summed E-state index contributed by atoms with van der Waals surface area (Å²) in [4.78, 5) is 14.4. The van der Waals surface area contributed by atoms with Gasteiger partial charge in [-0.25, -0.2) is 0 Å². The SMILES string of the molecule is CN(C(=O)CC(N)c1ccccc1)C1CCCCCCC1.Cl. The normalized spacial score (nSPS) is 17.7. The fraction of sp³-hybridized carbons (Fsp3) is 0.611. The van der Waals surface area contributed by atoms with Gasteiger partial charge in [0, 0.05) is 25.6 Å². The maximum Gasteiger partial charge on any atom is 0.224 e. The molecular weight excluding hydrogens is 296 g/mol. The Morgan fingerprint density at radius 2 is 1.68 bits per heavy atom. The maximum atomic E-state index is 12.5. The van der Waals surface area contributed by atoms with Crippen molar-refractivity contribution in [1.29, 1.82) is 0 Å². The van der Waals surface area contributed by atoms with E-state index in [1.165, 1.54) is 32.1 Å². The molecule has 0 bridgehead atoms. The molecule has 1 unspecified atom stereocenters. The van der Waals surface area contributed by atoms with Gasteiger partial charge in [-0.3, -0.25) is 4.79 Å². The van der Waals surface area contributed by atoms with Gasteiger partial charge in [-0.15, -0.1) is 12.4 Å². The van der Waals surface area contributed by atoms with Crippen molar-refractivity contribution in [2.75, 3.05) is 7.05 Å². The highest BCUT2D eigenvalue weighted by Crippen LogP contribution is 2.22. The number of rotatable bonds is 4. The molecule has 0 aliphatic heterocycles. The predicted molar refractivity (Wildman–Crippen MR) is 94.1 cm³/mol. The van der Waals surface area contributed by atoms with E-state index in [0.29, 0.717) is 12.5 Å². The van der Waals surface area contributed by atoms with Gasteiger partial charge < -0.3 is 10.6 Å². The van der Waals surface area contributed by atoms with Crippen LogP contribution in [0, 0.1) is 0 Å². The first-order valence-electron chi connectivity index (χ1n) is 8.24. The smallest absolute Gasteiger partial charge is 0.224 e. The molecule has 1 aliphatic carbocycles. The van der Waals surface area contributed by atoms with E-state index in [2.05, 4.69) is 0 Å². The van der Waals surface area contributed by atoms with Crippen LogP contribution in [0.4, 0.5) is 0 Å². The van der Waals surface area contributed by atoms with Crippen LogP contribution in [0.25, 0.3) is 0 Å². The van der Waals surface area contributed by atoms with Crippen molar-refractivity contribution in [3.05, 3.63) is 35.9 Å². The van der Waals surface area contributed by atoms with Crippen molar-refractivity contribution >= 4 is 18.3 Å². The Labute approximate surface area is 140 Å². The molecule has 3 nitrogen and oxygen atoms in total. The lowest BCUT2D eigenvalue weighted by atomic mass is 9.95. The molecule has 124 valence electrons. The third-order valence-electron chi connectivity index (χ3n) is 4.64. The average molecular weight is 325 g/mol. The first kappa shape index (κ1) is 19.0. The lowest BCUT2D eigenvalue weighted by Crippen LogP contribution is -2.38. The van der Waals surface area contributed by atoms with E-state index in [4.69, 9.17) is 5.73 Å². The lowest BCUT2D eigenvalue weighted by molar-refractivity contribution is -0.132. The number of amides is 1. The number of nitrogens with zero attached hydrogens (tertiary/aromatic N) is 1. The molecule has 0 aromatic heterocycles. The Morgan fingerprint density at radius 1 is 1.14 bits per heavy atom. The second-order valence-corrected chi connectivity index (χ2v) is 6.22. The van der Waals surface area contributed by atoms with Crippen LogP contribution in [0.1, 0.15) is 63.0 Å². The van der Waals surface area contributed by atoms with E-state index < -0.39 is 0 Å². The Balaban J connectivity index is 0.00000242. The molecule has 0 radical (unpaired) electrons. The summed E-state index contributed by atoms with van der Waals surface area (Å²) in [5, 5.41) is 0. The summed E-state index contributed by atoms with van der Waals surface area (Å²) in [5.41, 5.74) is 7.21. The van der Waals surface area contributed by atoms with Gasteiger partial charge in [0.15, 0.2) is 0 Å². The summed E-state index contributed by atoms with van der Waals surface area (Å²) in [6, 6.07) is 10.1. The molecule has 4 heteroatoms. The van der Waals surface area contributed by atoms with Crippen LogP contribution >= 0.6 is 12.4 Å². The first-order valence-corrected chi connectivity index (χ1v) is 8.24. The van der Waals surface area contributed by atoms with Crippen molar-refractivity contribution in [2.45, 2.75) is 63.5 Å². The molecule has 1 amide bonds. The second kappa shape index (κ2) is 9.86. The van der Waals surface area contributed by atoms with Gasteiger partial charge in [-0.05, 0) is 18.4 Å². The molecule has 0 heterocycles. The Hall–Kier alpha value is -1.06. The molecule has 0 spiro atoms. The highest BCUT2D eigenvalue weighted by atomic mass is 35.5. The van der Waals surface area contributed by atoms with Crippen LogP contribution in [-0.4, -0.2) is 23.9 Å².